The van der Waals surface area contributed by atoms with Crippen molar-refractivity contribution in [2.45, 2.75) is 32.7 Å². The minimum Gasteiger partial charge on any atom is -0.340 e. The second kappa shape index (κ2) is 4.03. The number of nitrogens with zero attached hydrogens (tertiary/aromatic N) is 1. The van der Waals surface area contributed by atoms with Crippen molar-refractivity contribution in [2.24, 2.45) is 5.73 Å². The van der Waals surface area contributed by atoms with Crippen LogP contribution in [0.25, 0.3) is 10.6 Å². The van der Waals surface area contributed by atoms with Gasteiger partial charge in [-0.05, 0) is 37.3 Å². The molecule has 0 spiro atoms. The Balaban J connectivity index is 2.37. The van der Waals surface area contributed by atoms with Gasteiger partial charge in [0, 0.05) is 0 Å². The number of rotatable bonds is 3. The zero-order valence-corrected chi connectivity index (χ0v) is 10.7. The van der Waals surface area contributed by atoms with Gasteiger partial charge in [0.25, 0.3) is 0 Å². The summed E-state index contributed by atoms with van der Waals surface area (Å²) >= 11 is 1.72. The maximum atomic E-state index is 6.15. The Hall–Kier alpha value is -1.13. The molecule has 1 unspecified atom stereocenters. The normalized spacial score (nSPS) is 15.0. The number of aromatic amines is 1. The zero-order valence-electron chi connectivity index (χ0n) is 9.87. The first kappa shape index (κ1) is 11.4. The fraction of sp³-hybridized carbons (Fsp3) is 0.417. The lowest BCUT2D eigenvalue weighted by Gasteiger charge is -2.19. The molecule has 0 saturated carbocycles. The number of imidazole rings is 1. The molecule has 0 radical (unpaired) electrons. The summed E-state index contributed by atoms with van der Waals surface area (Å²) in [7, 11) is 0. The molecule has 4 heteroatoms. The van der Waals surface area contributed by atoms with E-state index in [1.54, 1.807) is 11.3 Å². The summed E-state index contributed by atoms with van der Waals surface area (Å²) in [5.41, 5.74) is 8.12. The molecule has 0 saturated heterocycles. The van der Waals surface area contributed by atoms with Crippen molar-refractivity contribution >= 4 is 11.3 Å². The highest BCUT2D eigenvalue weighted by molar-refractivity contribution is 7.13. The quantitative estimate of drug-likeness (QED) is 0.859. The van der Waals surface area contributed by atoms with Crippen molar-refractivity contribution < 1.29 is 0 Å². The van der Waals surface area contributed by atoms with Gasteiger partial charge < -0.3 is 10.7 Å². The summed E-state index contributed by atoms with van der Waals surface area (Å²) in [4.78, 5) is 8.95. The maximum absolute atomic E-state index is 6.15. The van der Waals surface area contributed by atoms with Gasteiger partial charge >= 0.3 is 0 Å². The van der Waals surface area contributed by atoms with Gasteiger partial charge in [-0.15, -0.1) is 11.3 Å². The van der Waals surface area contributed by atoms with Gasteiger partial charge in [0.1, 0.15) is 5.82 Å². The van der Waals surface area contributed by atoms with Crippen LogP contribution < -0.4 is 5.73 Å². The summed E-state index contributed by atoms with van der Waals surface area (Å²) in [6.45, 7) is 6.17. The average molecular weight is 235 g/mol. The molecule has 0 aliphatic rings. The predicted octanol–water partition coefficient (Wildman–Crippen LogP) is 3.03. The molecular weight excluding hydrogens is 218 g/mol. The summed E-state index contributed by atoms with van der Waals surface area (Å²) in [5.74, 6) is 0.859. The molecule has 1 atom stereocenters. The first-order valence-electron chi connectivity index (χ1n) is 5.43. The number of H-pyrrole nitrogens is 1. The number of aryl methyl sites for hydroxylation is 1. The van der Waals surface area contributed by atoms with Crippen molar-refractivity contribution in [3.63, 3.8) is 0 Å². The van der Waals surface area contributed by atoms with E-state index in [-0.39, 0.29) is 5.54 Å². The molecular formula is C12H17N3S. The number of nitrogens with two attached hydrogens (primary N) is 1. The van der Waals surface area contributed by atoms with Crippen LogP contribution in [0.3, 0.4) is 0 Å². The molecule has 2 aromatic heterocycles. The Labute approximate surface area is 99.7 Å². The number of aromatic nitrogens is 2. The largest absolute Gasteiger partial charge is 0.340 e. The highest BCUT2D eigenvalue weighted by Crippen LogP contribution is 2.29. The molecule has 16 heavy (non-hydrogen) atoms. The minimum absolute atomic E-state index is 0.372. The molecule has 0 fully saturated rings. The van der Waals surface area contributed by atoms with Gasteiger partial charge in [-0.1, -0.05) is 6.92 Å². The SMILES string of the molecule is CCC(C)(N)c1ncc(-c2sccc2C)[nH]1. The van der Waals surface area contributed by atoms with Crippen LogP contribution in [0.1, 0.15) is 31.7 Å². The third kappa shape index (κ3) is 1.90. The smallest absolute Gasteiger partial charge is 0.126 e. The molecule has 2 rings (SSSR count). The highest BCUT2D eigenvalue weighted by atomic mass is 32.1. The topological polar surface area (TPSA) is 54.7 Å². The van der Waals surface area contributed by atoms with Crippen molar-refractivity contribution in [3.05, 3.63) is 29.0 Å². The van der Waals surface area contributed by atoms with Crippen molar-refractivity contribution in [3.8, 4) is 10.6 Å². The van der Waals surface area contributed by atoms with E-state index in [1.165, 1.54) is 10.4 Å². The number of thiophene rings is 1. The molecule has 0 aliphatic carbocycles. The third-order valence-corrected chi connectivity index (χ3v) is 4.01. The number of hydrogen-bond acceptors (Lipinski definition) is 3. The van der Waals surface area contributed by atoms with Crippen LogP contribution in [0, 0.1) is 6.92 Å². The van der Waals surface area contributed by atoms with Crippen LogP contribution >= 0.6 is 11.3 Å². The highest BCUT2D eigenvalue weighted by Gasteiger charge is 2.22. The summed E-state index contributed by atoms with van der Waals surface area (Å²) in [6.07, 6.45) is 2.73. The Morgan fingerprint density at radius 3 is 2.88 bits per heavy atom. The van der Waals surface area contributed by atoms with Crippen molar-refractivity contribution in [1.29, 1.82) is 0 Å². The van der Waals surface area contributed by atoms with Crippen molar-refractivity contribution in [2.75, 3.05) is 0 Å². The van der Waals surface area contributed by atoms with Crippen LogP contribution in [0.4, 0.5) is 0 Å². The van der Waals surface area contributed by atoms with E-state index in [2.05, 4.69) is 35.3 Å². The second-order valence-corrected chi connectivity index (χ2v) is 5.27. The molecule has 0 amide bonds. The van der Waals surface area contributed by atoms with Crippen LogP contribution in [-0.2, 0) is 5.54 Å². The van der Waals surface area contributed by atoms with Gasteiger partial charge in [0.15, 0.2) is 0 Å². The Kier molecular flexibility index (Phi) is 2.86. The van der Waals surface area contributed by atoms with E-state index < -0.39 is 0 Å². The standard InChI is InChI=1S/C12H17N3S/c1-4-12(3,13)11-14-7-9(15-11)10-8(2)5-6-16-10/h5-7H,4,13H2,1-3H3,(H,14,15). The first-order chi connectivity index (χ1) is 7.54. The molecule has 3 nitrogen and oxygen atoms in total. The Bertz CT molecular complexity index is 482. The predicted molar refractivity (Wildman–Crippen MR) is 68.5 cm³/mol. The van der Waals surface area contributed by atoms with Gasteiger partial charge in [-0.3, -0.25) is 0 Å². The average Bonchev–Trinajstić information content (AvgIpc) is 2.85. The van der Waals surface area contributed by atoms with Crippen LogP contribution in [0.15, 0.2) is 17.6 Å². The zero-order chi connectivity index (χ0) is 11.8. The van der Waals surface area contributed by atoms with Crippen LogP contribution in [0.5, 0.6) is 0 Å². The lowest BCUT2D eigenvalue weighted by atomic mass is 10.0. The van der Waals surface area contributed by atoms with E-state index in [0.717, 1.165) is 17.9 Å². The van der Waals surface area contributed by atoms with E-state index in [1.807, 2.05) is 13.1 Å². The fourth-order valence-electron chi connectivity index (χ4n) is 1.54. The molecule has 0 aromatic carbocycles. The van der Waals surface area contributed by atoms with E-state index in [4.69, 9.17) is 5.73 Å². The molecule has 3 N–H and O–H groups in total. The third-order valence-electron chi connectivity index (χ3n) is 2.96. The number of hydrogen-bond donors (Lipinski definition) is 2. The fourth-order valence-corrected chi connectivity index (χ4v) is 2.44. The van der Waals surface area contributed by atoms with E-state index >= 15 is 0 Å². The second-order valence-electron chi connectivity index (χ2n) is 4.35. The van der Waals surface area contributed by atoms with E-state index in [9.17, 15) is 0 Å². The minimum atomic E-state index is -0.372. The van der Waals surface area contributed by atoms with Crippen molar-refractivity contribution in [1.82, 2.24) is 9.97 Å². The monoisotopic (exact) mass is 235 g/mol. The van der Waals surface area contributed by atoms with Crippen LogP contribution in [-0.4, -0.2) is 9.97 Å². The lowest BCUT2D eigenvalue weighted by molar-refractivity contribution is 0.450. The summed E-state index contributed by atoms with van der Waals surface area (Å²) in [5, 5.41) is 2.09. The van der Waals surface area contributed by atoms with Gasteiger partial charge in [0.2, 0.25) is 0 Å². The molecule has 86 valence electrons. The Morgan fingerprint density at radius 2 is 2.31 bits per heavy atom. The maximum Gasteiger partial charge on any atom is 0.126 e. The lowest BCUT2D eigenvalue weighted by Crippen LogP contribution is -2.33. The summed E-state index contributed by atoms with van der Waals surface area (Å²) < 4.78 is 0. The van der Waals surface area contributed by atoms with Gasteiger partial charge in [-0.2, -0.15) is 0 Å². The van der Waals surface area contributed by atoms with E-state index in [0.29, 0.717) is 0 Å². The van der Waals surface area contributed by atoms with Crippen LogP contribution in [0.2, 0.25) is 0 Å². The molecule has 2 heterocycles. The molecule has 0 bridgehead atoms. The number of nitrogens with one attached hydrogen (secondary N) is 1. The summed E-state index contributed by atoms with van der Waals surface area (Å²) in [6, 6.07) is 2.11. The molecule has 0 aliphatic heterocycles. The molecule has 2 aromatic rings. The van der Waals surface area contributed by atoms with Gasteiger partial charge in [-0.25, -0.2) is 4.98 Å². The Morgan fingerprint density at radius 1 is 1.56 bits per heavy atom. The van der Waals surface area contributed by atoms with Gasteiger partial charge in [0.05, 0.1) is 22.3 Å². The first-order valence-corrected chi connectivity index (χ1v) is 6.31.